The van der Waals surface area contributed by atoms with Crippen molar-refractivity contribution in [3.8, 4) is 5.75 Å². The Balaban J connectivity index is 2.96. The summed E-state index contributed by atoms with van der Waals surface area (Å²) in [5.74, 6) is -1.23. The van der Waals surface area contributed by atoms with Crippen molar-refractivity contribution in [3.63, 3.8) is 0 Å². The summed E-state index contributed by atoms with van der Waals surface area (Å²) in [5.41, 5.74) is -1.93. The highest BCUT2D eigenvalue weighted by atomic mass is 16.6. The van der Waals surface area contributed by atoms with Crippen molar-refractivity contribution in [2.24, 2.45) is 0 Å². The number of nitrogens with zero attached hydrogens (tertiary/aromatic N) is 1. The smallest absolute Gasteiger partial charge is 0.342 e. The first kappa shape index (κ1) is 15.9. The summed E-state index contributed by atoms with van der Waals surface area (Å²) in [5, 5.41) is 29.7. The van der Waals surface area contributed by atoms with Gasteiger partial charge in [0.2, 0.25) is 0 Å². The summed E-state index contributed by atoms with van der Waals surface area (Å²) in [7, 11) is 0. The molecule has 0 unspecified atom stereocenters. The zero-order valence-electron chi connectivity index (χ0n) is 11.3. The summed E-state index contributed by atoms with van der Waals surface area (Å²) in [6.07, 6.45) is 0.977. The lowest BCUT2D eigenvalue weighted by Gasteiger charge is -2.25. The van der Waals surface area contributed by atoms with Gasteiger partial charge in [-0.25, -0.2) is 4.79 Å². The Morgan fingerprint density at radius 2 is 2.00 bits per heavy atom. The van der Waals surface area contributed by atoms with E-state index in [2.05, 4.69) is 0 Å². The van der Waals surface area contributed by atoms with Crippen LogP contribution >= 0.6 is 0 Å². The Labute approximate surface area is 116 Å². The highest BCUT2D eigenvalue weighted by Crippen LogP contribution is 2.25. The van der Waals surface area contributed by atoms with Gasteiger partial charge in [-0.3, -0.25) is 10.1 Å². The molecule has 0 heterocycles. The molecule has 0 saturated heterocycles. The SMILES string of the molecule is CCC(O)(CC)COc1ccc([N+](=O)[O-])c(C(=O)O)c1. The molecular weight excluding hydrogens is 266 g/mol. The molecule has 1 aromatic carbocycles. The first-order chi connectivity index (χ1) is 9.33. The fourth-order valence-corrected chi connectivity index (χ4v) is 1.61. The predicted molar refractivity (Wildman–Crippen MR) is 71.1 cm³/mol. The number of carboxylic acid groups (broad SMARTS) is 1. The van der Waals surface area contributed by atoms with E-state index in [9.17, 15) is 20.0 Å². The number of carbonyl (C=O) groups is 1. The lowest BCUT2D eigenvalue weighted by atomic mass is 9.99. The minimum Gasteiger partial charge on any atom is -0.491 e. The van der Waals surface area contributed by atoms with Gasteiger partial charge >= 0.3 is 5.97 Å². The van der Waals surface area contributed by atoms with Gasteiger partial charge in [-0.2, -0.15) is 0 Å². The summed E-state index contributed by atoms with van der Waals surface area (Å²) in [6, 6.07) is 3.48. The number of rotatable bonds is 7. The van der Waals surface area contributed by atoms with Gasteiger partial charge in [0.1, 0.15) is 17.9 Å². The van der Waals surface area contributed by atoms with Crippen LogP contribution in [0.5, 0.6) is 5.75 Å². The monoisotopic (exact) mass is 283 g/mol. The van der Waals surface area contributed by atoms with E-state index in [0.29, 0.717) is 12.8 Å². The third-order valence-electron chi connectivity index (χ3n) is 3.22. The molecule has 0 radical (unpaired) electrons. The quantitative estimate of drug-likeness (QED) is 0.586. The van der Waals surface area contributed by atoms with Crippen molar-refractivity contribution in [2.75, 3.05) is 6.61 Å². The van der Waals surface area contributed by atoms with E-state index in [1.165, 1.54) is 6.07 Å². The minimum absolute atomic E-state index is 0.00311. The van der Waals surface area contributed by atoms with Gasteiger partial charge in [0.05, 0.1) is 10.5 Å². The molecule has 0 aliphatic rings. The molecule has 0 bridgehead atoms. The minimum atomic E-state index is -1.40. The number of carboxylic acids is 1. The summed E-state index contributed by atoms with van der Waals surface area (Å²) in [6.45, 7) is 3.62. The van der Waals surface area contributed by atoms with Gasteiger partial charge in [0.25, 0.3) is 5.69 Å². The standard InChI is InChI=1S/C13H17NO6/c1-3-13(17,4-2)8-20-9-5-6-11(14(18)19)10(7-9)12(15)16/h5-7,17H,3-4,8H2,1-2H3,(H,15,16). The number of nitro benzene ring substituents is 1. The average molecular weight is 283 g/mol. The molecule has 0 aliphatic heterocycles. The van der Waals surface area contributed by atoms with Crippen molar-refractivity contribution in [2.45, 2.75) is 32.3 Å². The third-order valence-corrected chi connectivity index (χ3v) is 3.22. The van der Waals surface area contributed by atoms with Crippen LogP contribution in [-0.2, 0) is 0 Å². The number of aliphatic hydroxyl groups is 1. The summed E-state index contributed by atoms with van der Waals surface area (Å²) < 4.78 is 5.34. The Morgan fingerprint density at radius 1 is 1.40 bits per heavy atom. The van der Waals surface area contributed by atoms with Crippen molar-refractivity contribution in [1.82, 2.24) is 0 Å². The van der Waals surface area contributed by atoms with Crippen molar-refractivity contribution in [3.05, 3.63) is 33.9 Å². The average Bonchev–Trinajstić information content (AvgIpc) is 2.44. The zero-order valence-corrected chi connectivity index (χ0v) is 11.3. The first-order valence-corrected chi connectivity index (χ1v) is 6.20. The number of benzene rings is 1. The molecule has 2 N–H and O–H groups in total. The van der Waals surface area contributed by atoms with Crippen LogP contribution in [0.1, 0.15) is 37.0 Å². The molecule has 20 heavy (non-hydrogen) atoms. The summed E-state index contributed by atoms with van der Waals surface area (Å²) in [4.78, 5) is 20.9. The highest BCUT2D eigenvalue weighted by Gasteiger charge is 2.24. The van der Waals surface area contributed by atoms with Gasteiger partial charge in [-0.05, 0) is 18.9 Å². The fraction of sp³-hybridized carbons (Fsp3) is 0.462. The Hall–Kier alpha value is -2.15. The number of hydrogen-bond acceptors (Lipinski definition) is 5. The van der Waals surface area contributed by atoms with Crippen LogP contribution in [0.25, 0.3) is 0 Å². The second kappa shape index (κ2) is 6.33. The van der Waals surface area contributed by atoms with Crippen molar-refractivity contribution >= 4 is 11.7 Å². The molecule has 1 rings (SSSR count). The molecule has 0 spiro atoms. The van der Waals surface area contributed by atoms with Crippen LogP contribution in [0.3, 0.4) is 0 Å². The molecule has 0 fully saturated rings. The van der Waals surface area contributed by atoms with Crippen molar-refractivity contribution in [1.29, 1.82) is 0 Å². The largest absolute Gasteiger partial charge is 0.491 e. The molecule has 0 aliphatic carbocycles. The zero-order chi connectivity index (χ0) is 15.3. The van der Waals surface area contributed by atoms with Gasteiger partial charge in [0.15, 0.2) is 0 Å². The first-order valence-electron chi connectivity index (χ1n) is 6.20. The van der Waals surface area contributed by atoms with E-state index in [4.69, 9.17) is 9.84 Å². The van der Waals surface area contributed by atoms with Crippen molar-refractivity contribution < 1.29 is 24.7 Å². The van der Waals surface area contributed by atoms with Crippen LogP contribution in [-0.4, -0.2) is 33.3 Å². The highest BCUT2D eigenvalue weighted by molar-refractivity contribution is 5.92. The molecule has 1 aromatic rings. The third kappa shape index (κ3) is 3.67. The molecule has 0 amide bonds. The molecule has 7 heteroatoms. The van der Waals surface area contributed by atoms with Crippen LogP contribution in [0.15, 0.2) is 18.2 Å². The van der Waals surface area contributed by atoms with Crippen LogP contribution in [0, 0.1) is 10.1 Å². The van der Waals surface area contributed by atoms with Crippen LogP contribution in [0.4, 0.5) is 5.69 Å². The number of aromatic carboxylic acids is 1. The second-order valence-corrected chi connectivity index (χ2v) is 4.46. The topological polar surface area (TPSA) is 110 Å². The molecule has 0 aromatic heterocycles. The number of nitro groups is 1. The normalized spacial score (nSPS) is 11.2. The lowest BCUT2D eigenvalue weighted by molar-refractivity contribution is -0.385. The molecule has 0 atom stereocenters. The number of hydrogen-bond donors (Lipinski definition) is 2. The lowest BCUT2D eigenvalue weighted by Crippen LogP contribution is -2.34. The van der Waals surface area contributed by atoms with E-state index >= 15 is 0 Å². The molecule has 0 saturated carbocycles. The van der Waals surface area contributed by atoms with E-state index in [1.807, 2.05) is 13.8 Å². The Bertz CT molecular complexity index is 510. The number of ether oxygens (including phenoxy) is 1. The van der Waals surface area contributed by atoms with E-state index in [-0.39, 0.29) is 12.4 Å². The van der Waals surface area contributed by atoms with Gasteiger partial charge in [0, 0.05) is 12.1 Å². The molecule has 110 valence electrons. The molecule has 7 nitrogen and oxygen atoms in total. The Kier molecular flexibility index (Phi) is 5.04. The van der Waals surface area contributed by atoms with Gasteiger partial charge in [-0.15, -0.1) is 0 Å². The van der Waals surface area contributed by atoms with Gasteiger partial charge < -0.3 is 14.9 Å². The maximum absolute atomic E-state index is 11.0. The van der Waals surface area contributed by atoms with E-state index in [1.54, 1.807) is 0 Å². The van der Waals surface area contributed by atoms with E-state index in [0.717, 1.165) is 12.1 Å². The fourth-order valence-electron chi connectivity index (χ4n) is 1.61. The second-order valence-electron chi connectivity index (χ2n) is 4.46. The maximum Gasteiger partial charge on any atom is 0.342 e. The van der Waals surface area contributed by atoms with Crippen LogP contribution < -0.4 is 4.74 Å². The predicted octanol–water partition coefficient (Wildman–Crippen LogP) is 2.22. The van der Waals surface area contributed by atoms with Gasteiger partial charge in [-0.1, -0.05) is 13.8 Å². The van der Waals surface area contributed by atoms with Crippen LogP contribution in [0.2, 0.25) is 0 Å². The summed E-state index contributed by atoms with van der Waals surface area (Å²) >= 11 is 0. The maximum atomic E-state index is 11.0. The van der Waals surface area contributed by atoms with E-state index < -0.39 is 27.7 Å². The Morgan fingerprint density at radius 3 is 2.45 bits per heavy atom. The molecular formula is C13H17NO6.